The zero-order chi connectivity index (χ0) is 14.3. The van der Waals surface area contributed by atoms with Crippen LogP contribution in [-0.2, 0) is 17.8 Å². The molecule has 0 bridgehead atoms. The number of rotatable bonds is 3. The number of carbonyl (C=O) groups is 1. The lowest BCUT2D eigenvalue weighted by Crippen LogP contribution is -2.28. The molecule has 20 heavy (non-hydrogen) atoms. The maximum Gasteiger partial charge on any atom is 0.308 e. The fourth-order valence-electron chi connectivity index (χ4n) is 3.17. The van der Waals surface area contributed by atoms with Crippen LogP contribution in [0, 0.1) is 5.92 Å². The van der Waals surface area contributed by atoms with Crippen LogP contribution in [0.25, 0.3) is 0 Å². The molecule has 0 amide bonds. The van der Waals surface area contributed by atoms with Gasteiger partial charge in [-0.15, -0.1) is 0 Å². The summed E-state index contributed by atoms with van der Waals surface area (Å²) in [5, 5.41) is 13.7. The van der Waals surface area contributed by atoms with Crippen molar-refractivity contribution < 1.29 is 9.90 Å². The van der Waals surface area contributed by atoms with Crippen LogP contribution < -0.4 is 0 Å². The summed E-state index contributed by atoms with van der Waals surface area (Å²) in [7, 11) is 0. The monoisotopic (exact) mass is 278 g/mol. The first-order valence-electron chi connectivity index (χ1n) is 7.45. The molecule has 110 valence electrons. The predicted molar refractivity (Wildman–Crippen MR) is 73.5 cm³/mol. The Labute approximate surface area is 118 Å². The molecule has 0 saturated carbocycles. The minimum atomic E-state index is -0.723. The van der Waals surface area contributed by atoms with Crippen LogP contribution in [0.2, 0.25) is 0 Å². The molecule has 0 aliphatic carbocycles. The minimum absolute atomic E-state index is 0.312. The van der Waals surface area contributed by atoms with E-state index in [9.17, 15) is 4.79 Å². The van der Waals surface area contributed by atoms with Gasteiger partial charge in [-0.1, -0.05) is 0 Å². The van der Waals surface area contributed by atoms with Gasteiger partial charge in [-0.2, -0.15) is 5.10 Å². The minimum Gasteiger partial charge on any atom is -0.481 e. The normalized spacial score (nSPS) is 26.9. The van der Waals surface area contributed by atoms with Gasteiger partial charge in [-0.3, -0.25) is 4.79 Å². The highest BCUT2D eigenvalue weighted by Crippen LogP contribution is 2.28. The lowest BCUT2D eigenvalue weighted by atomic mass is 10.0. The molecule has 1 fully saturated rings. The first kappa shape index (κ1) is 13.5. The molecule has 3 heterocycles. The Morgan fingerprint density at radius 2 is 2.15 bits per heavy atom. The number of nitrogens with zero attached hydrogens (tertiary/aromatic N) is 4. The van der Waals surface area contributed by atoms with Crippen molar-refractivity contribution in [2.24, 2.45) is 5.92 Å². The number of hydrogen-bond acceptors (Lipinski definition) is 4. The van der Waals surface area contributed by atoms with E-state index in [1.807, 2.05) is 4.68 Å². The van der Waals surface area contributed by atoms with Crippen molar-refractivity contribution >= 4 is 5.97 Å². The number of fused-ring (bicyclic) bond motifs is 1. The number of aryl methyl sites for hydroxylation is 1. The van der Waals surface area contributed by atoms with Crippen molar-refractivity contribution in [3.8, 4) is 0 Å². The van der Waals surface area contributed by atoms with Gasteiger partial charge in [0.15, 0.2) is 5.82 Å². The molecule has 2 aliphatic rings. The molecular weight excluding hydrogens is 256 g/mol. The van der Waals surface area contributed by atoms with E-state index < -0.39 is 5.97 Å². The molecule has 1 N–H and O–H groups in total. The highest BCUT2D eigenvalue weighted by molar-refractivity contribution is 5.70. The fourth-order valence-corrected chi connectivity index (χ4v) is 3.17. The predicted octanol–water partition coefficient (Wildman–Crippen LogP) is 1.12. The van der Waals surface area contributed by atoms with Crippen molar-refractivity contribution in [3.05, 3.63) is 11.6 Å². The van der Waals surface area contributed by atoms with Crippen LogP contribution in [0.4, 0.5) is 0 Å². The topological polar surface area (TPSA) is 71.2 Å². The molecular formula is C14H22N4O2. The molecule has 3 rings (SSSR count). The van der Waals surface area contributed by atoms with Crippen LogP contribution >= 0.6 is 0 Å². The quantitative estimate of drug-likeness (QED) is 0.897. The van der Waals surface area contributed by atoms with Crippen molar-refractivity contribution in [1.29, 1.82) is 0 Å². The van der Waals surface area contributed by atoms with E-state index in [4.69, 9.17) is 5.11 Å². The van der Waals surface area contributed by atoms with Crippen LogP contribution in [0.1, 0.15) is 44.3 Å². The van der Waals surface area contributed by atoms with Gasteiger partial charge >= 0.3 is 5.97 Å². The number of carboxylic acids is 1. The van der Waals surface area contributed by atoms with Gasteiger partial charge in [0, 0.05) is 24.9 Å². The van der Waals surface area contributed by atoms with E-state index in [0.717, 1.165) is 37.6 Å². The summed E-state index contributed by atoms with van der Waals surface area (Å²) in [5.74, 6) is 1.24. The average molecular weight is 278 g/mol. The third kappa shape index (κ3) is 2.44. The van der Waals surface area contributed by atoms with Gasteiger partial charge in [-0.25, -0.2) is 9.67 Å². The maximum absolute atomic E-state index is 11.1. The Morgan fingerprint density at radius 3 is 2.80 bits per heavy atom. The van der Waals surface area contributed by atoms with E-state index in [2.05, 4.69) is 28.8 Å². The molecule has 0 radical (unpaired) electrons. The maximum atomic E-state index is 11.1. The second-order valence-corrected chi connectivity index (χ2v) is 6.22. The largest absolute Gasteiger partial charge is 0.481 e. The van der Waals surface area contributed by atoms with Gasteiger partial charge in [0.05, 0.1) is 12.5 Å². The Hall–Kier alpha value is -1.43. The summed E-state index contributed by atoms with van der Waals surface area (Å²) in [6.07, 6.45) is 2.50. The molecule has 6 heteroatoms. The number of likely N-dealkylation sites (tertiary alicyclic amines) is 1. The first-order chi connectivity index (χ1) is 9.54. The summed E-state index contributed by atoms with van der Waals surface area (Å²) in [6, 6.07) is 0.564. The van der Waals surface area contributed by atoms with Crippen molar-refractivity contribution in [2.45, 2.75) is 51.6 Å². The standard InChI is InChI=1S/C14H22N4O2/c1-9(2)17-6-5-10(7-17)13-15-12-4-3-11(14(19)20)8-18(12)16-13/h9-11H,3-8H2,1-2H3,(H,19,20). The van der Waals surface area contributed by atoms with Crippen LogP contribution in [-0.4, -0.2) is 49.9 Å². The summed E-state index contributed by atoms with van der Waals surface area (Å²) in [5.41, 5.74) is 0. The van der Waals surface area contributed by atoms with Gasteiger partial charge in [0.25, 0.3) is 0 Å². The molecule has 1 aromatic rings. The molecule has 2 atom stereocenters. The van der Waals surface area contributed by atoms with Crippen LogP contribution in [0.3, 0.4) is 0 Å². The second kappa shape index (κ2) is 5.16. The Morgan fingerprint density at radius 1 is 1.35 bits per heavy atom. The second-order valence-electron chi connectivity index (χ2n) is 6.22. The third-order valence-electron chi connectivity index (χ3n) is 4.54. The van der Waals surface area contributed by atoms with Crippen LogP contribution in [0.15, 0.2) is 0 Å². The highest BCUT2D eigenvalue weighted by atomic mass is 16.4. The number of aromatic nitrogens is 3. The third-order valence-corrected chi connectivity index (χ3v) is 4.54. The average Bonchev–Trinajstić information content (AvgIpc) is 3.04. The van der Waals surface area contributed by atoms with E-state index in [0.29, 0.717) is 24.9 Å². The molecule has 1 aromatic heterocycles. The van der Waals surface area contributed by atoms with E-state index in [-0.39, 0.29) is 5.92 Å². The lowest BCUT2D eigenvalue weighted by Gasteiger charge is -2.19. The summed E-state index contributed by atoms with van der Waals surface area (Å²) in [6.45, 7) is 7.02. The molecule has 1 saturated heterocycles. The van der Waals surface area contributed by atoms with Crippen molar-refractivity contribution in [3.63, 3.8) is 0 Å². The first-order valence-corrected chi connectivity index (χ1v) is 7.45. The van der Waals surface area contributed by atoms with E-state index in [1.54, 1.807) is 0 Å². The number of aliphatic carboxylic acids is 1. The molecule has 6 nitrogen and oxygen atoms in total. The highest BCUT2D eigenvalue weighted by Gasteiger charge is 2.31. The molecule has 2 aliphatic heterocycles. The number of hydrogen-bond donors (Lipinski definition) is 1. The Bertz CT molecular complexity index is 511. The SMILES string of the molecule is CC(C)N1CCC(c2nc3n(n2)CC(C(=O)O)CC3)C1. The van der Waals surface area contributed by atoms with E-state index in [1.165, 1.54) is 0 Å². The zero-order valence-electron chi connectivity index (χ0n) is 12.1. The molecule has 0 aromatic carbocycles. The molecule has 0 spiro atoms. The Balaban J connectivity index is 1.73. The Kier molecular flexibility index (Phi) is 3.50. The van der Waals surface area contributed by atoms with E-state index >= 15 is 0 Å². The van der Waals surface area contributed by atoms with Gasteiger partial charge in [0.2, 0.25) is 0 Å². The van der Waals surface area contributed by atoms with Gasteiger partial charge < -0.3 is 10.0 Å². The number of carboxylic acid groups (broad SMARTS) is 1. The lowest BCUT2D eigenvalue weighted by molar-refractivity contribution is -0.142. The summed E-state index contributed by atoms with van der Waals surface area (Å²) < 4.78 is 1.82. The summed E-state index contributed by atoms with van der Waals surface area (Å²) >= 11 is 0. The van der Waals surface area contributed by atoms with Crippen LogP contribution in [0.5, 0.6) is 0 Å². The zero-order valence-corrected chi connectivity index (χ0v) is 12.1. The van der Waals surface area contributed by atoms with Gasteiger partial charge in [0.1, 0.15) is 5.82 Å². The summed E-state index contributed by atoms with van der Waals surface area (Å²) in [4.78, 5) is 18.2. The van der Waals surface area contributed by atoms with Gasteiger partial charge in [-0.05, 0) is 33.2 Å². The smallest absolute Gasteiger partial charge is 0.308 e. The van der Waals surface area contributed by atoms with Crippen molar-refractivity contribution in [2.75, 3.05) is 13.1 Å². The van der Waals surface area contributed by atoms with Crippen molar-refractivity contribution in [1.82, 2.24) is 19.7 Å². The fraction of sp³-hybridized carbons (Fsp3) is 0.786. The molecule has 2 unspecified atom stereocenters.